The highest BCUT2D eigenvalue weighted by Gasteiger charge is 2.44. The largest absolute Gasteiger partial charge is 0.460 e. The highest BCUT2D eigenvalue weighted by molar-refractivity contribution is 5.74. The Hall–Kier alpha value is -0.910. The average molecular weight is 396 g/mol. The van der Waals surface area contributed by atoms with E-state index in [1.807, 2.05) is 39.8 Å². The van der Waals surface area contributed by atoms with Gasteiger partial charge in [-0.1, -0.05) is 12.2 Å². The Kier molecular flexibility index (Phi) is 7.05. The minimum absolute atomic E-state index is 0.00749. The zero-order valence-electron chi connectivity index (χ0n) is 19.1. The number of ether oxygens (including phenoxy) is 1. The summed E-state index contributed by atoms with van der Waals surface area (Å²) < 4.78 is 5.53. The van der Waals surface area contributed by atoms with E-state index >= 15 is 0 Å². The van der Waals surface area contributed by atoms with Crippen LogP contribution in [0.3, 0.4) is 0 Å². The zero-order valence-corrected chi connectivity index (χ0v) is 19.1. The molecular formula is C23H41NO4. The maximum absolute atomic E-state index is 12.6. The number of carbonyl (C=O) groups excluding carboxylic acids is 1. The molecule has 1 saturated carbocycles. The van der Waals surface area contributed by atoms with Crippen molar-refractivity contribution in [2.24, 2.45) is 11.8 Å². The number of aliphatic hydroxyl groups is 1. The summed E-state index contributed by atoms with van der Waals surface area (Å²) >= 11 is 0. The number of nitrogens with zero attached hydrogens (tertiary/aromatic N) is 1. The van der Waals surface area contributed by atoms with Crippen LogP contribution >= 0.6 is 0 Å². The number of carbonyl (C=O) groups is 1. The molecule has 0 bridgehead atoms. The Labute approximate surface area is 171 Å². The predicted molar refractivity (Wildman–Crippen MR) is 112 cm³/mol. The molecule has 5 heteroatoms. The molecule has 4 atom stereocenters. The van der Waals surface area contributed by atoms with Crippen LogP contribution in [0, 0.1) is 11.8 Å². The van der Waals surface area contributed by atoms with Crippen molar-refractivity contribution in [2.45, 2.75) is 116 Å². The van der Waals surface area contributed by atoms with Gasteiger partial charge in [-0.25, -0.2) is 0 Å². The molecule has 1 saturated heterocycles. The molecule has 1 aliphatic heterocycles. The second-order valence-corrected chi connectivity index (χ2v) is 10.8. The van der Waals surface area contributed by atoms with Crippen molar-refractivity contribution in [1.29, 1.82) is 0 Å². The van der Waals surface area contributed by atoms with Crippen LogP contribution in [0.25, 0.3) is 0 Å². The molecule has 0 aromatic carbocycles. The van der Waals surface area contributed by atoms with Gasteiger partial charge in [0, 0.05) is 11.1 Å². The van der Waals surface area contributed by atoms with Crippen molar-refractivity contribution in [1.82, 2.24) is 5.06 Å². The van der Waals surface area contributed by atoms with Crippen LogP contribution in [-0.4, -0.2) is 45.0 Å². The number of hydrogen-bond acceptors (Lipinski definition) is 5. The highest BCUT2D eigenvalue weighted by Crippen LogP contribution is 2.39. The van der Waals surface area contributed by atoms with Crippen molar-refractivity contribution in [3.8, 4) is 0 Å². The van der Waals surface area contributed by atoms with Gasteiger partial charge in [0.1, 0.15) is 5.60 Å². The van der Waals surface area contributed by atoms with Gasteiger partial charge in [-0.3, -0.25) is 9.63 Å². The first-order chi connectivity index (χ1) is 12.7. The van der Waals surface area contributed by atoms with Crippen LogP contribution in [0.5, 0.6) is 0 Å². The molecule has 2 fully saturated rings. The summed E-state index contributed by atoms with van der Waals surface area (Å²) in [4.78, 5) is 18.9. The van der Waals surface area contributed by atoms with E-state index in [1.54, 1.807) is 0 Å². The minimum Gasteiger partial charge on any atom is -0.460 e. The van der Waals surface area contributed by atoms with E-state index in [1.165, 1.54) is 6.42 Å². The van der Waals surface area contributed by atoms with Crippen molar-refractivity contribution < 1.29 is 19.5 Å². The lowest BCUT2D eigenvalue weighted by atomic mass is 9.82. The summed E-state index contributed by atoms with van der Waals surface area (Å²) in [6.07, 6.45) is 8.18. The molecule has 1 unspecified atom stereocenters. The average Bonchev–Trinajstić information content (AvgIpc) is 2.88. The van der Waals surface area contributed by atoms with Crippen LogP contribution in [0.4, 0.5) is 0 Å². The van der Waals surface area contributed by atoms with Gasteiger partial charge in [0.25, 0.3) is 0 Å². The summed E-state index contributed by atoms with van der Waals surface area (Å²) in [7, 11) is 0. The van der Waals surface area contributed by atoms with Crippen molar-refractivity contribution in [2.75, 3.05) is 0 Å². The molecule has 5 nitrogen and oxygen atoms in total. The van der Waals surface area contributed by atoms with E-state index in [4.69, 9.17) is 9.57 Å². The molecule has 162 valence electrons. The monoisotopic (exact) mass is 395 g/mol. The van der Waals surface area contributed by atoms with Gasteiger partial charge >= 0.3 is 5.97 Å². The highest BCUT2D eigenvalue weighted by atomic mass is 16.7. The molecule has 0 aromatic rings. The number of aliphatic hydroxyl groups excluding tert-OH is 1. The smallest absolute Gasteiger partial charge is 0.312 e. The molecule has 1 heterocycles. The Morgan fingerprint density at radius 1 is 1.14 bits per heavy atom. The summed E-state index contributed by atoms with van der Waals surface area (Å²) in [6, 6.07) is 0. The minimum atomic E-state index is -0.638. The third-order valence-corrected chi connectivity index (χ3v) is 5.93. The number of rotatable bonds is 5. The predicted octanol–water partition coefficient (Wildman–Crippen LogP) is 4.63. The molecule has 1 N–H and O–H groups in total. The first kappa shape index (κ1) is 23.4. The molecule has 2 aliphatic rings. The van der Waals surface area contributed by atoms with Gasteiger partial charge in [0.2, 0.25) is 0 Å². The lowest BCUT2D eigenvalue weighted by Gasteiger charge is -2.52. The van der Waals surface area contributed by atoms with Gasteiger partial charge in [0.15, 0.2) is 0 Å². The zero-order chi connectivity index (χ0) is 21.3. The van der Waals surface area contributed by atoms with Crippen LogP contribution in [0.1, 0.15) is 87.5 Å². The third kappa shape index (κ3) is 5.80. The lowest BCUT2D eigenvalue weighted by Crippen LogP contribution is -2.58. The number of hydroxylamine groups is 2. The Morgan fingerprint density at radius 2 is 1.71 bits per heavy atom. The molecular weight excluding hydrogens is 354 g/mol. The standard InChI is InChI=1S/C23H41NO4/c1-16(28-24-22(5,6)14-9-15-23(24,7)8)10-11-17-12-13-18(25)19(17)20(26)27-21(2,3)4/h10-11,16-19,25H,9,12-15H2,1-8H3/b11-10+/t16?,17-,18-,19-/m0/s1. The van der Waals surface area contributed by atoms with E-state index in [9.17, 15) is 9.90 Å². The third-order valence-electron chi connectivity index (χ3n) is 5.93. The number of allylic oxidation sites excluding steroid dienone is 1. The normalized spacial score (nSPS) is 31.8. The fourth-order valence-electron chi connectivity index (χ4n) is 4.69. The quantitative estimate of drug-likeness (QED) is 0.543. The number of piperidine rings is 1. The summed E-state index contributed by atoms with van der Waals surface area (Å²) in [5, 5.41) is 12.5. The van der Waals surface area contributed by atoms with Crippen LogP contribution < -0.4 is 0 Å². The maximum atomic E-state index is 12.6. The second-order valence-electron chi connectivity index (χ2n) is 10.8. The molecule has 2 rings (SSSR count). The summed E-state index contributed by atoms with van der Waals surface area (Å²) in [5.74, 6) is -0.817. The Morgan fingerprint density at radius 3 is 2.25 bits per heavy atom. The van der Waals surface area contributed by atoms with Crippen molar-refractivity contribution in [3.05, 3.63) is 12.2 Å². The fraction of sp³-hybridized carbons (Fsp3) is 0.870. The van der Waals surface area contributed by atoms with E-state index in [0.29, 0.717) is 6.42 Å². The Balaban J connectivity index is 2.04. The molecule has 0 radical (unpaired) electrons. The van der Waals surface area contributed by atoms with Crippen LogP contribution in [-0.2, 0) is 14.4 Å². The lowest BCUT2D eigenvalue weighted by molar-refractivity contribution is -0.293. The van der Waals surface area contributed by atoms with E-state index in [0.717, 1.165) is 19.3 Å². The first-order valence-electron chi connectivity index (χ1n) is 10.8. The van der Waals surface area contributed by atoms with Crippen molar-refractivity contribution >= 4 is 5.97 Å². The molecule has 1 aliphatic carbocycles. The molecule has 0 amide bonds. The van der Waals surface area contributed by atoms with E-state index < -0.39 is 17.6 Å². The molecule has 0 spiro atoms. The maximum Gasteiger partial charge on any atom is 0.312 e. The van der Waals surface area contributed by atoms with E-state index in [2.05, 4.69) is 32.8 Å². The van der Waals surface area contributed by atoms with Gasteiger partial charge < -0.3 is 9.84 Å². The van der Waals surface area contributed by atoms with Gasteiger partial charge in [-0.05, 0) is 93.4 Å². The number of hydrogen-bond donors (Lipinski definition) is 1. The molecule has 0 aromatic heterocycles. The van der Waals surface area contributed by atoms with E-state index in [-0.39, 0.29) is 29.1 Å². The second kappa shape index (κ2) is 8.45. The van der Waals surface area contributed by atoms with Gasteiger partial charge in [-0.2, -0.15) is 5.06 Å². The summed E-state index contributed by atoms with van der Waals surface area (Å²) in [6.45, 7) is 16.5. The van der Waals surface area contributed by atoms with Crippen LogP contribution in [0.2, 0.25) is 0 Å². The number of esters is 1. The van der Waals surface area contributed by atoms with Crippen LogP contribution in [0.15, 0.2) is 12.2 Å². The molecule has 28 heavy (non-hydrogen) atoms. The van der Waals surface area contributed by atoms with Gasteiger partial charge in [0.05, 0.1) is 18.1 Å². The SMILES string of the molecule is CC(/C=C/[C@H]1CC[C@H](O)[C@H]1C(=O)OC(C)(C)C)ON1C(C)(C)CCCC1(C)C. The van der Waals surface area contributed by atoms with Gasteiger partial charge in [-0.15, -0.1) is 0 Å². The first-order valence-corrected chi connectivity index (χ1v) is 10.8. The van der Waals surface area contributed by atoms with Crippen molar-refractivity contribution in [3.63, 3.8) is 0 Å². The fourth-order valence-corrected chi connectivity index (χ4v) is 4.69. The Bertz CT molecular complexity index is 560. The summed E-state index contributed by atoms with van der Waals surface area (Å²) in [5.41, 5.74) is -0.561. The topological polar surface area (TPSA) is 59.0 Å².